The van der Waals surface area contributed by atoms with Crippen molar-refractivity contribution in [3.05, 3.63) is 70.0 Å². The Labute approximate surface area is 244 Å². The normalized spacial score (nSPS) is 20.2. The van der Waals surface area contributed by atoms with Crippen molar-refractivity contribution in [2.75, 3.05) is 33.2 Å². The van der Waals surface area contributed by atoms with Crippen LogP contribution in [0.3, 0.4) is 0 Å². The largest absolute Gasteiger partial charge is 0.416 e. The van der Waals surface area contributed by atoms with Gasteiger partial charge in [0.1, 0.15) is 5.82 Å². The molecule has 6 nitrogen and oxygen atoms in total. The number of likely N-dealkylation sites (N-methyl/N-ethyl adjacent to an activating group) is 1. The van der Waals surface area contributed by atoms with Gasteiger partial charge in [0.2, 0.25) is 11.8 Å². The van der Waals surface area contributed by atoms with E-state index >= 15 is 0 Å². The van der Waals surface area contributed by atoms with Crippen molar-refractivity contribution in [3.63, 3.8) is 0 Å². The zero-order valence-electron chi connectivity index (χ0n) is 23.9. The lowest BCUT2D eigenvalue weighted by molar-refractivity contribution is -0.143. The molecule has 0 bridgehead atoms. The quantitative estimate of drug-likeness (QED) is 0.404. The first kappa shape index (κ1) is 32.3. The fraction of sp³-hybridized carbons (Fsp3) is 0.500. The molecule has 2 fully saturated rings. The molecule has 2 aromatic carbocycles. The molecule has 2 heterocycles. The van der Waals surface area contributed by atoms with Crippen molar-refractivity contribution >= 4 is 17.7 Å². The van der Waals surface area contributed by atoms with Crippen LogP contribution in [0.2, 0.25) is 0 Å². The van der Waals surface area contributed by atoms with Gasteiger partial charge >= 0.3 is 12.4 Å². The van der Waals surface area contributed by atoms with E-state index in [2.05, 4.69) is 0 Å². The highest BCUT2D eigenvalue weighted by molar-refractivity contribution is 5.95. The van der Waals surface area contributed by atoms with Crippen LogP contribution in [0.4, 0.5) is 30.7 Å². The van der Waals surface area contributed by atoms with Crippen LogP contribution in [0.15, 0.2) is 36.4 Å². The van der Waals surface area contributed by atoms with E-state index in [0.717, 1.165) is 4.90 Å². The molecular formula is C30H32F7N3O3. The Morgan fingerprint density at radius 3 is 1.91 bits per heavy atom. The van der Waals surface area contributed by atoms with E-state index in [0.29, 0.717) is 49.2 Å². The van der Waals surface area contributed by atoms with Gasteiger partial charge in [0.15, 0.2) is 0 Å². The summed E-state index contributed by atoms with van der Waals surface area (Å²) in [4.78, 5) is 43.1. The molecule has 0 aromatic heterocycles. The van der Waals surface area contributed by atoms with Crippen LogP contribution in [0.25, 0.3) is 0 Å². The molecule has 2 aliphatic heterocycles. The number of aryl methyl sites for hydroxylation is 1. The maximum Gasteiger partial charge on any atom is 0.416 e. The molecule has 0 radical (unpaired) electrons. The third-order valence-corrected chi connectivity index (χ3v) is 8.44. The van der Waals surface area contributed by atoms with Gasteiger partial charge in [-0.1, -0.05) is 12.1 Å². The predicted molar refractivity (Wildman–Crippen MR) is 142 cm³/mol. The molecule has 0 N–H and O–H groups in total. The highest BCUT2D eigenvalue weighted by Gasteiger charge is 2.41. The van der Waals surface area contributed by atoms with Gasteiger partial charge < -0.3 is 14.7 Å². The summed E-state index contributed by atoms with van der Waals surface area (Å²) < 4.78 is 94.9. The molecule has 0 aliphatic carbocycles. The third kappa shape index (κ3) is 7.13. The summed E-state index contributed by atoms with van der Waals surface area (Å²) in [7, 11) is 1.30. The minimum absolute atomic E-state index is 0.0358. The lowest BCUT2D eigenvalue weighted by Crippen LogP contribution is -2.53. The fourth-order valence-electron chi connectivity index (χ4n) is 5.96. The smallest absolute Gasteiger partial charge is 0.343 e. The van der Waals surface area contributed by atoms with E-state index in [9.17, 15) is 45.1 Å². The van der Waals surface area contributed by atoms with Gasteiger partial charge in [-0.3, -0.25) is 14.4 Å². The molecule has 0 spiro atoms. The maximum absolute atomic E-state index is 14.1. The highest BCUT2D eigenvalue weighted by atomic mass is 19.4. The van der Waals surface area contributed by atoms with Gasteiger partial charge in [-0.25, -0.2) is 4.39 Å². The van der Waals surface area contributed by atoms with Crippen LogP contribution in [0.5, 0.6) is 0 Å². The van der Waals surface area contributed by atoms with E-state index in [-0.39, 0.29) is 43.3 Å². The average Bonchev–Trinajstić information content (AvgIpc) is 2.96. The van der Waals surface area contributed by atoms with Gasteiger partial charge in [0.25, 0.3) is 5.91 Å². The number of hydrogen-bond donors (Lipinski definition) is 0. The van der Waals surface area contributed by atoms with E-state index in [1.54, 1.807) is 22.8 Å². The summed E-state index contributed by atoms with van der Waals surface area (Å²) in [5, 5.41) is 0. The summed E-state index contributed by atoms with van der Waals surface area (Å²) in [6.07, 6.45) is -9.08. The molecule has 2 aliphatic rings. The van der Waals surface area contributed by atoms with Crippen LogP contribution in [-0.2, 0) is 21.9 Å². The van der Waals surface area contributed by atoms with Crippen LogP contribution >= 0.6 is 0 Å². The molecule has 2 aromatic rings. The number of alkyl halides is 6. The number of rotatable bonds is 4. The second-order valence-corrected chi connectivity index (χ2v) is 11.2. The van der Waals surface area contributed by atoms with Crippen molar-refractivity contribution in [3.8, 4) is 0 Å². The highest BCUT2D eigenvalue weighted by Crippen LogP contribution is 2.38. The molecule has 0 unspecified atom stereocenters. The monoisotopic (exact) mass is 615 g/mol. The summed E-state index contributed by atoms with van der Waals surface area (Å²) >= 11 is 0. The number of hydrogen-bond acceptors (Lipinski definition) is 3. The number of benzene rings is 2. The Morgan fingerprint density at radius 1 is 0.837 bits per heavy atom. The van der Waals surface area contributed by atoms with Crippen molar-refractivity contribution < 1.29 is 45.1 Å². The topological polar surface area (TPSA) is 60.9 Å². The molecule has 3 amide bonds. The number of halogens is 7. The van der Waals surface area contributed by atoms with Crippen LogP contribution < -0.4 is 0 Å². The average molecular weight is 616 g/mol. The minimum Gasteiger partial charge on any atom is -0.343 e. The standard InChI is InChI=1S/C30H32F7N3O3/c1-17-12-20(4-5-25(17)31)24-16-40(28(43)19-6-9-39(10-7-19)18(2)41)11-8-26(24)38(3)27(42)21-13-22(29(32,33)34)15-23(14-21)30(35,36)37/h4-5,12-15,19,24,26H,6-11,16H2,1-3H3/t24-,26+/m0/s1. The number of carbonyl (C=O) groups is 3. The molecule has 4 rings (SSSR count). The summed E-state index contributed by atoms with van der Waals surface area (Å²) in [5.41, 5.74) is -3.08. The van der Waals surface area contributed by atoms with Crippen molar-refractivity contribution in [2.24, 2.45) is 5.92 Å². The first-order valence-corrected chi connectivity index (χ1v) is 13.8. The van der Waals surface area contributed by atoms with Gasteiger partial charge in [-0.05, 0) is 61.6 Å². The van der Waals surface area contributed by atoms with Gasteiger partial charge in [0, 0.05) is 63.6 Å². The van der Waals surface area contributed by atoms with E-state index in [1.807, 2.05) is 0 Å². The van der Waals surface area contributed by atoms with Crippen LogP contribution in [-0.4, -0.2) is 71.7 Å². The number of piperidine rings is 2. The Kier molecular flexibility index (Phi) is 9.13. The van der Waals surface area contributed by atoms with E-state index < -0.39 is 52.7 Å². The molecule has 2 saturated heterocycles. The molecule has 0 saturated carbocycles. The zero-order chi connectivity index (χ0) is 31.9. The SMILES string of the molecule is CC(=O)N1CCC(C(=O)N2CC[C@@H](N(C)C(=O)c3cc(C(F)(F)F)cc(C(F)(F)F)c3)[C@H](c3ccc(F)c(C)c3)C2)CC1. The zero-order valence-corrected chi connectivity index (χ0v) is 23.9. The maximum atomic E-state index is 14.1. The van der Waals surface area contributed by atoms with Crippen LogP contribution in [0, 0.1) is 18.7 Å². The number of carbonyl (C=O) groups excluding carboxylic acids is 3. The van der Waals surface area contributed by atoms with E-state index in [4.69, 9.17) is 0 Å². The Morgan fingerprint density at radius 2 is 1.40 bits per heavy atom. The van der Waals surface area contributed by atoms with Crippen molar-refractivity contribution in [1.82, 2.24) is 14.7 Å². The second kappa shape index (κ2) is 12.2. The lowest BCUT2D eigenvalue weighted by Gasteiger charge is -2.44. The second-order valence-electron chi connectivity index (χ2n) is 11.2. The van der Waals surface area contributed by atoms with Crippen LogP contribution in [0.1, 0.15) is 64.7 Å². The Balaban J connectivity index is 1.63. The number of likely N-dealkylation sites (tertiary alicyclic amines) is 2. The van der Waals surface area contributed by atoms with E-state index in [1.165, 1.54) is 26.1 Å². The third-order valence-electron chi connectivity index (χ3n) is 8.44. The first-order valence-electron chi connectivity index (χ1n) is 13.8. The lowest BCUT2D eigenvalue weighted by atomic mass is 9.83. The summed E-state index contributed by atoms with van der Waals surface area (Å²) in [6.45, 7) is 4.19. The molecule has 234 valence electrons. The van der Waals surface area contributed by atoms with Gasteiger partial charge in [-0.15, -0.1) is 0 Å². The first-order chi connectivity index (χ1) is 20.0. The van der Waals surface area contributed by atoms with Crippen molar-refractivity contribution in [2.45, 2.75) is 57.4 Å². The molecule has 13 heteroatoms. The number of amides is 3. The van der Waals surface area contributed by atoms with Crippen molar-refractivity contribution in [1.29, 1.82) is 0 Å². The van der Waals surface area contributed by atoms with Gasteiger partial charge in [-0.2, -0.15) is 26.3 Å². The Hall–Kier alpha value is -3.64. The van der Waals surface area contributed by atoms with Gasteiger partial charge in [0.05, 0.1) is 11.1 Å². The summed E-state index contributed by atoms with van der Waals surface area (Å²) in [5.74, 6) is -2.65. The number of nitrogens with zero attached hydrogens (tertiary/aromatic N) is 3. The molecule has 43 heavy (non-hydrogen) atoms. The minimum atomic E-state index is -5.12. The summed E-state index contributed by atoms with van der Waals surface area (Å²) in [6, 6.07) is 4.36. The molecule has 2 atom stereocenters. The predicted octanol–water partition coefficient (Wildman–Crippen LogP) is 5.89. The Bertz CT molecular complexity index is 1350. The fourth-order valence-corrected chi connectivity index (χ4v) is 5.96. The molecular weight excluding hydrogens is 583 g/mol.